The fourth-order valence-electron chi connectivity index (χ4n) is 1.12. The fourth-order valence-corrected chi connectivity index (χ4v) is 1.12. The lowest BCUT2D eigenvalue weighted by Crippen LogP contribution is -1.81. The fraction of sp³-hybridized carbons (Fsp3) is 0. The second-order valence-corrected chi connectivity index (χ2v) is 2.37. The third-order valence-corrected chi connectivity index (χ3v) is 1.69. The Balaban J connectivity index is 2.94. The zero-order valence-electron chi connectivity index (χ0n) is 6.07. The number of aromatic hydroxyl groups is 1. The van der Waals surface area contributed by atoms with Crippen LogP contribution in [-0.4, -0.2) is 15.1 Å². The molecule has 2 aromatic rings. The summed E-state index contributed by atoms with van der Waals surface area (Å²) in [5, 5.41) is 18.5. The van der Waals surface area contributed by atoms with Gasteiger partial charge in [-0.1, -0.05) is 0 Å². The van der Waals surface area contributed by atoms with Crippen LogP contribution in [0.4, 0.5) is 0 Å². The number of hydrogen-bond acceptors (Lipinski definition) is 3. The van der Waals surface area contributed by atoms with Crippen molar-refractivity contribution in [3.05, 3.63) is 24.0 Å². The molecule has 4 heteroatoms. The van der Waals surface area contributed by atoms with Gasteiger partial charge in [0.2, 0.25) is 5.88 Å². The maximum atomic E-state index is 9.24. The van der Waals surface area contributed by atoms with Gasteiger partial charge in [-0.15, -0.1) is 0 Å². The quantitative estimate of drug-likeness (QED) is 0.605. The molecule has 0 spiro atoms. The van der Waals surface area contributed by atoms with Gasteiger partial charge in [-0.25, -0.2) is 4.98 Å². The molecule has 2 N–H and O–H groups in total. The summed E-state index contributed by atoms with van der Waals surface area (Å²) in [5.74, 6) is -0.0507. The molecule has 0 aliphatic carbocycles. The van der Waals surface area contributed by atoms with Gasteiger partial charge in [0, 0.05) is 6.20 Å². The molecule has 2 rings (SSSR count). The number of nitrogens with zero attached hydrogens (tertiary/aromatic N) is 2. The van der Waals surface area contributed by atoms with Crippen LogP contribution in [0.3, 0.4) is 0 Å². The number of nitrogens with one attached hydrogen (secondary N) is 1. The van der Waals surface area contributed by atoms with Crippen LogP contribution in [0, 0.1) is 11.3 Å². The van der Waals surface area contributed by atoms with Crippen molar-refractivity contribution >= 4 is 10.9 Å². The highest BCUT2D eigenvalue weighted by atomic mass is 16.3. The molecular formula is C8H5N3O. The number of nitriles is 1. The van der Waals surface area contributed by atoms with Gasteiger partial charge in [-0.3, -0.25) is 0 Å². The van der Waals surface area contributed by atoms with Gasteiger partial charge in [0.25, 0.3) is 0 Å². The largest absolute Gasteiger partial charge is 0.493 e. The van der Waals surface area contributed by atoms with E-state index in [0.29, 0.717) is 16.5 Å². The van der Waals surface area contributed by atoms with Crippen LogP contribution in [0.1, 0.15) is 5.56 Å². The number of pyridine rings is 1. The Morgan fingerprint density at radius 1 is 1.58 bits per heavy atom. The monoisotopic (exact) mass is 159 g/mol. The normalized spacial score (nSPS) is 9.92. The molecule has 0 amide bonds. The van der Waals surface area contributed by atoms with Crippen molar-refractivity contribution in [2.75, 3.05) is 0 Å². The lowest BCUT2D eigenvalue weighted by atomic mass is 10.2. The highest BCUT2D eigenvalue weighted by Crippen LogP contribution is 2.22. The lowest BCUT2D eigenvalue weighted by molar-refractivity contribution is 0.460. The average Bonchev–Trinajstić information content (AvgIpc) is 2.54. The van der Waals surface area contributed by atoms with Gasteiger partial charge in [-0.05, 0) is 6.07 Å². The van der Waals surface area contributed by atoms with Crippen LogP contribution in [-0.2, 0) is 0 Å². The Morgan fingerprint density at radius 3 is 3.17 bits per heavy atom. The summed E-state index contributed by atoms with van der Waals surface area (Å²) in [5.41, 5.74) is 1.07. The van der Waals surface area contributed by atoms with E-state index in [-0.39, 0.29) is 5.88 Å². The Hall–Kier alpha value is -2.02. The smallest absolute Gasteiger partial charge is 0.220 e. The van der Waals surface area contributed by atoms with E-state index < -0.39 is 0 Å². The zero-order chi connectivity index (χ0) is 8.55. The van der Waals surface area contributed by atoms with Gasteiger partial charge >= 0.3 is 0 Å². The number of fused-ring (bicyclic) bond motifs is 1. The molecule has 0 aliphatic heterocycles. The van der Waals surface area contributed by atoms with E-state index in [2.05, 4.69) is 9.97 Å². The molecule has 2 heterocycles. The van der Waals surface area contributed by atoms with Crippen molar-refractivity contribution in [1.29, 1.82) is 5.26 Å². The summed E-state index contributed by atoms with van der Waals surface area (Å²) >= 11 is 0. The minimum Gasteiger partial charge on any atom is -0.493 e. The maximum absolute atomic E-state index is 9.24. The molecule has 0 saturated carbocycles. The summed E-state index contributed by atoms with van der Waals surface area (Å²) in [4.78, 5) is 6.52. The molecule has 2 aromatic heterocycles. The summed E-state index contributed by atoms with van der Waals surface area (Å²) in [6, 6.07) is 3.66. The molecule has 0 atom stereocenters. The van der Waals surface area contributed by atoms with Crippen molar-refractivity contribution < 1.29 is 5.11 Å². The van der Waals surface area contributed by atoms with Crippen molar-refractivity contribution in [1.82, 2.24) is 9.97 Å². The van der Waals surface area contributed by atoms with Crippen molar-refractivity contribution in [2.24, 2.45) is 0 Å². The van der Waals surface area contributed by atoms with Crippen LogP contribution in [0.2, 0.25) is 0 Å². The van der Waals surface area contributed by atoms with Crippen LogP contribution < -0.4 is 0 Å². The third-order valence-electron chi connectivity index (χ3n) is 1.69. The summed E-state index contributed by atoms with van der Waals surface area (Å²) < 4.78 is 0. The van der Waals surface area contributed by atoms with Crippen molar-refractivity contribution in [2.45, 2.75) is 0 Å². The molecule has 4 nitrogen and oxygen atoms in total. The van der Waals surface area contributed by atoms with Crippen LogP contribution in [0.15, 0.2) is 18.5 Å². The van der Waals surface area contributed by atoms with Gasteiger partial charge in [0.05, 0.1) is 22.7 Å². The third kappa shape index (κ3) is 0.736. The Bertz CT molecular complexity index is 467. The van der Waals surface area contributed by atoms with Crippen LogP contribution in [0.5, 0.6) is 5.88 Å². The Kier molecular flexibility index (Phi) is 1.25. The first-order chi connectivity index (χ1) is 5.83. The second-order valence-electron chi connectivity index (χ2n) is 2.37. The number of aromatic nitrogens is 2. The van der Waals surface area contributed by atoms with Gasteiger partial charge in [0.1, 0.15) is 6.07 Å². The van der Waals surface area contributed by atoms with E-state index in [0.717, 1.165) is 0 Å². The van der Waals surface area contributed by atoms with Crippen LogP contribution in [0.25, 0.3) is 10.9 Å². The van der Waals surface area contributed by atoms with Crippen LogP contribution >= 0.6 is 0 Å². The molecule has 0 aliphatic rings. The van der Waals surface area contributed by atoms with Gasteiger partial charge in [-0.2, -0.15) is 5.26 Å². The van der Waals surface area contributed by atoms with E-state index in [4.69, 9.17) is 5.26 Å². The highest BCUT2D eigenvalue weighted by molar-refractivity contribution is 5.88. The summed E-state index contributed by atoms with van der Waals surface area (Å²) in [6.45, 7) is 0. The predicted octanol–water partition coefficient (Wildman–Crippen LogP) is 1.14. The predicted molar refractivity (Wildman–Crippen MR) is 42.5 cm³/mol. The standard InChI is InChI=1S/C8H5N3O/c9-3-5-4-11-8(12)6-1-2-10-7(5)6/h1-2,4,10H,(H,11,12). The van der Waals surface area contributed by atoms with E-state index in [9.17, 15) is 5.11 Å². The van der Waals surface area contributed by atoms with E-state index in [1.165, 1.54) is 6.20 Å². The molecule has 0 fully saturated rings. The molecule has 0 bridgehead atoms. The van der Waals surface area contributed by atoms with E-state index in [1.807, 2.05) is 6.07 Å². The lowest BCUT2D eigenvalue weighted by Gasteiger charge is -1.94. The highest BCUT2D eigenvalue weighted by Gasteiger charge is 2.05. The molecular weight excluding hydrogens is 154 g/mol. The zero-order valence-corrected chi connectivity index (χ0v) is 6.07. The molecule has 12 heavy (non-hydrogen) atoms. The minimum atomic E-state index is -0.0507. The topological polar surface area (TPSA) is 72.7 Å². The van der Waals surface area contributed by atoms with Crippen molar-refractivity contribution in [3.8, 4) is 11.9 Å². The average molecular weight is 159 g/mol. The van der Waals surface area contributed by atoms with Gasteiger partial charge < -0.3 is 10.1 Å². The number of hydrogen-bond donors (Lipinski definition) is 2. The number of rotatable bonds is 0. The molecule has 0 radical (unpaired) electrons. The Morgan fingerprint density at radius 2 is 2.42 bits per heavy atom. The minimum absolute atomic E-state index is 0.0507. The van der Waals surface area contributed by atoms with Crippen molar-refractivity contribution in [3.63, 3.8) is 0 Å². The first kappa shape index (κ1) is 6.68. The number of H-pyrrole nitrogens is 1. The Labute approximate surface area is 68.1 Å². The van der Waals surface area contributed by atoms with E-state index in [1.54, 1.807) is 12.3 Å². The molecule has 0 saturated heterocycles. The molecule has 58 valence electrons. The summed E-state index contributed by atoms with van der Waals surface area (Å²) in [7, 11) is 0. The second kappa shape index (κ2) is 2.24. The first-order valence-corrected chi connectivity index (χ1v) is 3.38. The maximum Gasteiger partial charge on any atom is 0.220 e. The van der Waals surface area contributed by atoms with E-state index >= 15 is 0 Å². The number of aromatic amines is 1. The molecule has 0 unspecified atom stereocenters. The summed E-state index contributed by atoms with van der Waals surface area (Å²) in [6.07, 6.45) is 3.00. The molecule has 0 aromatic carbocycles. The first-order valence-electron chi connectivity index (χ1n) is 3.38. The SMILES string of the molecule is N#Cc1cnc(O)c2cc[nH]c12. The van der Waals surface area contributed by atoms with Gasteiger partial charge in [0.15, 0.2) is 0 Å².